The predicted molar refractivity (Wildman–Crippen MR) is 77.9 cm³/mol. The zero-order chi connectivity index (χ0) is 15.0. The molecule has 1 N–H and O–H groups in total. The molecule has 0 aromatic carbocycles. The van der Waals surface area contributed by atoms with Gasteiger partial charge in [0.1, 0.15) is 0 Å². The topological polar surface area (TPSA) is 75.7 Å². The minimum absolute atomic E-state index is 0.0597. The van der Waals surface area contributed by atoms with E-state index in [0.717, 1.165) is 25.8 Å². The maximum Gasteiger partial charge on any atom is 0.306 e. The van der Waals surface area contributed by atoms with Gasteiger partial charge < -0.3 is 10.1 Å². The lowest BCUT2D eigenvalue weighted by molar-refractivity contribution is -0.142. The number of carbonyl (C=O) groups excluding carboxylic acids is 1. The van der Waals surface area contributed by atoms with Gasteiger partial charge in [-0.25, -0.2) is 12.7 Å². The maximum atomic E-state index is 12.1. The molecule has 0 saturated carbocycles. The molecule has 0 atom stereocenters. The highest BCUT2D eigenvalue weighted by Crippen LogP contribution is 2.22. The van der Waals surface area contributed by atoms with E-state index in [1.807, 2.05) is 7.05 Å². The summed E-state index contributed by atoms with van der Waals surface area (Å²) in [4.78, 5) is 11.2. The molecule has 0 radical (unpaired) electrons. The van der Waals surface area contributed by atoms with Crippen molar-refractivity contribution in [2.45, 2.75) is 32.6 Å². The molecule has 0 spiro atoms. The monoisotopic (exact) mass is 306 g/mol. The molecule has 1 rings (SSSR count). The molecule has 1 fully saturated rings. The molecule has 118 valence electrons. The van der Waals surface area contributed by atoms with Crippen molar-refractivity contribution in [1.29, 1.82) is 0 Å². The first-order chi connectivity index (χ1) is 9.49. The third-order valence-corrected chi connectivity index (χ3v) is 5.51. The van der Waals surface area contributed by atoms with Crippen molar-refractivity contribution in [3.05, 3.63) is 0 Å². The van der Waals surface area contributed by atoms with Crippen molar-refractivity contribution in [3.63, 3.8) is 0 Å². The van der Waals surface area contributed by atoms with E-state index >= 15 is 0 Å². The minimum Gasteiger partial charge on any atom is -0.466 e. The molecular formula is C13H26N2O4S. The first kappa shape index (κ1) is 17.4. The maximum absolute atomic E-state index is 12.1. The second kappa shape index (κ2) is 8.59. The Morgan fingerprint density at radius 2 is 2.00 bits per heavy atom. The molecule has 0 unspecified atom stereocenters. The minimum atomic E-state index is -3.32. The van der Waals surface area contributed by atoms with E-state index in [0.29, 0.717) is 19.0 Å². The van der Waals surface area contributed by atoms with Crippen LogP contribution in [0, 0.1) is 5.92 Å². The Bertz CT molecular complexity index is 389. The number of rotatable bonds is 8. The fraction of sp³-hybridized carbons (Fsp3) is 0.923. The lowest BCUT2D eigenvalue weighted by Crippen LogP contribution is -2.40. The van der Waals surface area contributed by atoms with Crippen molar-refractivity contribution in [2.75, 3.05) is 39.0 Å². The smallest absolute Gasteiger partial charge is 0.306 e. The Hall–Kier alpha value is -0.660. The summed E-state index contributed by atoms with van der Waals surface area (Å²) >= 11 is 0. The fourth-order valence-electron chi connectivity index (χ4n) is 2.40. The van der Waals surface area contributed by atoms with Gasteiger partial charge in [-0.05, 0) is 45.7 Å². The van der Waals surface area contributed by atoms with Crippen LogP contribution in [0.5, 0.6) is 0 Å². The van der Waals surface area contributed by atoms with Gasteiger partial charge in [-0.1, -0.05) is 0 Å². The predicted octanol–water partition coefficient (Wildman–Crippen LogP) is 0.591. The number of ether oxygens (including phenoxy) is 1. The normalized spacial score (nSPS) is 18.1. The second-order valence-corrected chi connectivity index (χ2v) is 7.19. The summed E-state index contributed by atoms with van der Waals surface area (Å²) in [5.74, 6) is 0.00598. The van der Waals surface area contributed by atoms with Crippen LogP contribution in [0.15, 0.2) is 0 Å². The summed E-state index contributed by atoms with van der Waals surface area (Å²) in [5, 5.41) is 3.12. The molecule has 0 aromatic rings. The van der Waals surface area contributed by atoms with Crippen LogP contribution in [-0.2, 0) is 19.6 Å². The molecule has 1 aliphatic heterocycles. The van der Waals surface area contributed by atoms with Crippen LogP contribution >= 0.6 is 0 Å². The van der Waals surface area contributed by atoms with E-state index in [4.69, 9.17) is 4.74 Å². The van der Waals surface area contributed by atoms with Gasteiger partial charge in [-0.15, -0.1) is 0 Å². The van der Waals surface area contributed by atoms with Crippen LogP contribution < -0.4 is 5.32 Å². The quantitative estimate of drug-likeness (QED) is 0.664. The SMILES string of the molecule is CCOC(=O)CCS(=O)(=O)N1CCC(CCNC)CC1. The Balaban J connectivity index is 2.36. The van der Waals surface area contributed by atoms with Gasteiger partial charge in [0.15, 0.2) is 0 Å². The molecule has 0 aromatic heterocycles. The highest BCUT2D eigenvalue weighted by atomic mass is 32.2. The Kier molecular flexibility index (Phi) is 7.47. The van der Waals surface area contributed by atoms with Crippen LogP contribution in [0.2, 0.25) is 0 Å². The number of hydrogen-bond donors (Lipinski definition) is 1. The summed E-state index contributed by atoms with van der Waals surface area (Å²) in [6.07, 6.45) is 2.84. The molecule has 0 bridgehead atoms. The van der Waals surface area contributed by atoms with Crippen molar-refractivity contribution in [1.82, 2.24) is 9.62 Å². The first-order valence-electron chi connectivity index (χ1n) is 7.27. The van der Waals surface area contributed by atoms with Gasteiger partial charge >= 0.3 is 5.97 Å². The van der Waals surface area contributed by atoms with E-state index < -0.39 is 16.0 Å². The zero-order valence-corrected chi connectivity index (χ0v) is 13.2. The number of carbonyl (C=O) groups is 1. The van der Waals surface area contributed by atoms with Gasteiger partial charge in [-0.2, -0.15) is 0 Å². The molecule has 6 nitrogen and oxygen atoms in total. The summed E-state index contributed by atoms with van der Waals surface area (Å²) in [7, 11) is -1.40. The first-order valence-corrected chi connectivity index (χ1v) is 8.88. The van der Waals surface area contributed by atoms with Crippen molar-refractivity contribution in [3.8, 4) is 0 Å². The summed E-state index contributed by atoms with van der Waals surface area (Å²) in [6, 6.07) is 0. The van der Waals surface area contributed by atoms with Crippen molar-refractivity contribution in [2.24, 2.45) is 5.92 Å². The number of hydrogen-bond acceptors (Lipinski definition) is 5. The molecule has 0 amide bonds. The third kappa shape index (κ3) is 5.76. The van der Waals surface area contributed by atoms with Gasteiger partial charge in [-0.3, -0.25) is 4.79 Å². The summed E-state index contributed by atoms with van der Waals surface area (Å²) in [5.41, 5.74) is 0. The van der Waals surface area contributed by atoms with Gasteiger partial charge in [0.25, 0.3) is 0 Å². The number of piperidine rings is 1. The van der Waals surface area contributed by atoms with E-state index in [1.54, 1.807) is 6.92 Å². The Morgan fingerprint density at radius 1 is 1.35 bits per heavy atom. The molecule has 7 heteroatoms. The number of nitrogens with zero attached hydrogens (tertiary/aromatic N) is 1. The highest BCUT2D eigenvalue weighted by Gasteiger charge is 2.28. The fourth-order valence-corrected chi connectivity index (χ4v) is 3.85. The van der Waals surface area contributed by atoms with Crippen LogP contribution in [0.25, 0.3) is 0 Å². The third-order valence-electron chi connectivity index (χ3n) is 3.64. The van der Waals surface area contributed by atoms with Crippen LogP contribution in [0.4, 0.5) is 0 Å². The molecule has 0 aliphatic carbocycles. The van der Waals surface area contributed by atoms with Gasteiger partial charge in [0.05, 0.1) is 18.8 Å². The Morgan fingerprint density at radius 3 is 2.55 bits per heavy atom. The van der Waals surface area contributed by atoms with Crippen LogP contribution in [0.1, 0.15) is 32.6 Å². The van der Waals surface area contributed by atoms with E-state index in [9.17, 15) is 13.2 Å². The van der Waals surface area contributed by atoms with Crippen LogP contribution in [0.3, 0.4) is 0 Å². The average Bonchev–Trinajstić information content (AvgIpc) is 2.44. The zero-order valence-electron chi connectivity index (χ0n) is 12.4. The number of sulfonamides is 1. The molecule has 1 saturated heterocycles. The number of nitrogens with one attached hydrogen (secondary N) is 1. The number of esters is 1. The standard InChI is InChI=1S/C13H26N2O4S/c1-3-19-13(16)7-11-20(17,18)15-9-5-12(6-10-15)4-8-14-2/h12,14H,3-11H2,1-2H3. The van der Waals surface area contributed by atoms with Gasteiger partial charge in [0.2, 0.25) is 10.0 Å². The summed E-state index contributed by atoms with van der Waals surface area (Å²) < 4.78 is 30.5. The lowest BCUT2D eigenvalue weighted by Gasteiger charge is -2.31. The Labute approximate surface area is 121 Å². The average molecular weight is 306 g/mol. The summed E-state index contributed by atoms with van der Waals surface area (Å²) in [6.45, 7) is 4.11. The van der Waals surface area contributed by atoms with Crippen molar-refractivity contribution < 1.29 is 17.9 Å². The van der Waals surface area contributed by atoms with Crippen molar-refractivity contribution >= 4 is 16.0 Å². The molecular weight excluding hydrogens is 280 g/mol. The second-order valence-electron chi connectivity index (χ2n) is 5.11. The largest absolute Gasteiger partial charge is 0.466 e. The molecule has 20 heavy (non-hydrogen) atoms. The van der Waals surface area contributed by atoms with E-state index in [1.165, 1.54) is 4.31 Å². The van der Waals surface area contributed by atoms with E-state index in [2.05, 4.69) is 5.32 Å². The lowest BCUT2D eigenvalue weighted by atomic mass is 9.95. The van der Waals surface area contributed by atoms with E-state index in [-0.39, 0.29) is 18.8 Å². The highest BCUT2D eigenvalue weighted by molar-refractivity contribution is 7.89. The molecule has 1 heterocycles. The molecule has 1 aliphatic rings. The van der Waals surface area contributed by atoms with Crippen LogP contribution in [-0.4, -0.2) is 57.7 Å². The van der Waals surface area contributed by atoms with Gasteiger partial charge in [0, 0.05) is 13.1 Å².